The lowest BCUT2D eigenvalue weighted by Gasteiger charge is -2.09. The van der Waals surface area contributed by atoms with E-state index in [2.05, 4.69) is 5.32 Å². The largest absolute Gasteiger partial charge is 0.493 e. The fraction of sp³-hybridized carbons (Fsp3) is 0.231. The van der Waals surface area contributed by atoms with Gasteiger partial charge in [-0.2, -0.15) is 0 Å². The van der Waals surface area contributed by atoms with E-state index in [1.165, 1.54) is 6.08 Å². The summed E-state index contributed by atoms with van der Waals surface area (Å²) in [4.78, 5) is 22.4. The van der Waals surface area contributed by atoms with Crippen molar-refractivity contribution in [2.45, 2.75) is 6.42 Å². The summed E-state index contributed by atoms with van der Waals surface area (Å²) in [5.41, 5.74) is 1.33. The Balaban J connectivity index is 2.22. The van der Waals surface area contributed by atoms with E-state index in [-0.39, 0.29) is 11.8 Å². The molecule has 1 aromatic rings. The smallest absolute Gasteiger partial charge is 0.254 e. The van der Waals surface area contributed by atoms with Crippen LogP contribution in [-0.4, -0.2) is 26.0 Å². The zero-order valence-electron chi connectivity index (χ0n) is 10.1. The van der Waals surface area contributed by atoms with Crippen molar-refractivity contribution in [3.05, 3.63) is 35.4 Å². The lowest BCUT2D eigenvalue weighted by molar-refractivity contribution is -0.123. The summed E-state index contributed by atoms with van der Waals surface area (Å²) in [5, 5.41) is 2.21. The van der Waals surface area contributed by atoms with Crippen LogP contribution in [0.3, 0.4) is 0 Å². The minimum atomic E-state index is -0.365. The van der Waals surface area contributed by atoms with E-state index in [1.807, 2.05) is 6.07 Å². The molecule has 1 aliphatic rings. The van der Waals surface area contributed by atoms with Gasteiger partial charge in [-0.1, -0.05) is 6.07 Å². The Kier molecular flexibility index (Phi) is 3.32. The number of nitrogens with one attached hydrogen (secondary N) is 1. The van der Waals surface area contributed by atoms with Crippen molar-refractivity contribution >= 4 is 11.8 Å². The second-order valence-corrected chi connectivity index (χ2v) is 3.85. The minimum Gasteiger partial charge on any atom is -0.493 e. The number of methoxy groups -OCH3 is 2. The average Bonchev–Trinajstić information content (AvgIpc) is 2.67. The van der Waals surface area contributed by atoms with Gasteiger partial charge in [-0.05, 0) is 17.7 Å². The number of rotatable bonds is 4. The maximum atomic E-state index is 11.4. The quantitative estimate of drug-likeness (QED) is 0.800. The highest BCUT2D eigenvalue weighted by Crippen LogP contribution is 2.28. The zero-order valence-corrected chi connectivity index (χ0v) is 10.1. The third-order valence-electron chi connectivity index (χ3n) is 2.68. The highest BCUT2D eigenvalue weighted by molar-refractivity contribution is 6.16. The SMILES string of the molecule is COc1ccc(CC2=CC(=O)NC2=O)cc1OC. The van der Waals surface area contributed by atoms with Crippen LogP contribution in [0.25, 0.3) is 0 Å². The molecule has 0 fully saturated rings. The normalized spacial score (nSPS) is 14.2. The van der Waals surface area contributed by atoms with E-state index in [0.717, 1.165) is 5.56 Å². The Labute approximate surface area is 104 Å². The fourth-order valence-electron chi connectivity index (χ4n) is 1.79. The molecule has 18 heavy (non-hydrogen) atoms. The number of hydrogen-bond acceptors (Lipinski definition) is 4. The number of amides is 2. The van der Waals surface area contributed by atoms with E-state index < -0.39 is 0 Å². The molecular formula is C13H13NO4. The molecule has 0 atom stereocenters. The van der Waals surface area contributed by atoms with Crippen LogP contribution in [0.4, 0.5) is 0 Å². The van der Waals surface area contributed by atoms with Crippen LogP contribution < -0.4 is 14.8 Å². The van der Waals surface area contributed by atoms with Crippen LogP contribution >= 0.6 is 0 Å². The number of carbonyl (C=O) groups is 2. The van der Waals surface area contributed by atoms with Gasteiger partial charge in [-0.3, -0.25) is 14.9 Å². The molecule has 0 radical (unpaired) electrons. The van der Waals surface area contributed by atoms with Crippen LogP contribution in [-0.2, 0) is 16.0 Å². The molecule has 1 aromatic carbocycles. The van der Waals surface area contributed by atoms with E-state index in [0.29, 0.717) is 23.5 Å². The Hall–Kier alpha value is -2.30. The lowest BCUT2D eigenvalue weighted by Crippen LogP contribution is -2.22. The summed E-state index contributed by atoms with van der Waals surface area (Å²) < 4.78 is 10.3. The molecule has 2 rings (SSSR count). The van der Waals surface area contributed by atoms with Crippen molar-refractivity contribution in [3.63, 3.8) is 0 Å². The molecule has 5 heteroatoms. The predicted molar refractivity (Wildman–Crippen MR) is 64.5 cm³/mol. The number of ether oxygens (including phenoxy) is 2. The molecule has 0 aromatic heterocycles. The summed E-state index contributed by atoms with van der Waals surface area (Å²) >= 11 is 0. The Bertz CT molecular complexity index is 534. The van der Waals surface area contributed by atoms with Crippen molar-refractivity contribution in [1.29, 1.82) is 0 Å². The molecule has 1 N–H and O–H groups in total. The average molecular weight is 247 g/mol. The molecule has 2 amide bonds. The molecule has 0 saturated carbocycles. The molecular weight excluding hydrogens is 234 g/mol. The molecule has 1 heterocycles. The molecule has 0 bridgehead atoms. The van der Waals surface area contributed by atoms with Crippen molar-refractivity contribution in [3.8, 4) is 11.5 Å². The highest BCUT2D eigenvalue weighted by Gasteiger charge is 2.20. The van der Waals surface area contributed by atoms with Gasteiger partial charge in [0.2, 0.25) is 0 Å². The summed E-state index contributed by atoms with van der Waals surface area (Å²) in [6.45, 7) is 0. The van der Waals surface area contributed by atoms with Gasteiger partial charge >= 0.3 is 0 Å². The molecule has 0 aliphatic carbocycles. The molecule has 5 nitrogen and oxygen atoms in total. The number of imide groups is 1. The fourth-order valence-corrected chi connectivity index (χ4v) is 1.79. The van der Waals surface area contributed by atoms with Crippen LogP contribution in [0.2, 0.25) is 0 Å². The summed E-state index contributed by atoms with van der Waals surface area (Å²) in [6.07, 6.45) is 1.71. The Morgan fingerprint density at radius 3 is 2.39 bits per heavy atom. The number of benzene rings is 1. The van der Waals surface area contributed by atoms with Crippen molar-refractivity contribution < 1.29 is 19.1 Å². The standard InChI is InChI=1S/C13H13NO4/c1-17-10-4-3-8(6-11(10)18-2)5-9-7-12(15)14-13(9)16/h3-4,6-7H,5H2,1-2H3,(H,14,15,16). The first-order valence-electron chi connectivity index (χ1n) is 5.41. The summed E-state index contributed by atoms with van der Waals surface area (Å²) in [5.74, 6) is 0.521. The van der Waals surface area contributed by atoms with Gasteiger partial charge in [0.15, 0.2) is 11.5 Å². The molecule has 94 valence electrons. The van der Waals surface area contributed by atoms with Gasteiger partial charge < -0.3 is 9.47 Å². The van der Waals surface area contributed by atoms with E-state index >= 15 is 0 Å². The number of hydrogen-bond donors (Lipinski definition) is 1. The van der Waals surface area contributed by atoms with E-state index in [1.54, 1.807) is 26.4 Å². The second-order valence-electron chi connectivity index (χ2n) is 3.85. The second kappa shape index (κ2) is 4.91. The summed E-state index contributed by atoms with van der Waals surface area (Å²) in [7, 11) is 3.11. The zero-order chi connectivity index (χ0) is 13.1. The van der Waals surface area contributed by atoms with Gasteiger partial charge in [-0.15, -0.1) is 0 Å². The summed E-state index contributed by atoms with van der Waals surface area (Å²) in [6, 6.07) is 5.39. The maximum Gasteiger partial charge on any atom is 0.254 e. The first-order valence-corrected chi connectivity index (χ1v) is 5.41. The van der Waals surface area contributed by atoms with Gasteiger partial charge in [-0.25, -0.2) is 0 Å². The van der Waals surface area contributed by atoms with Gasteiger partial charge in [0.1, 0.15) is 0 Å². The predicted octanol–water partition coefficient (Wildman–Crippen LogP) is 0.829. The van der Waals surface area contributed by atoms with Gasteiger partial charge in [0.05, 0.1) is 14.2 Å². The van der Waals surface area contributed by atoms with Crippen LogP contribution in [0.15, 0.2) is 29.8 Å². The molecule has 1 aliphatic heterocycles. The van der Waals surface area contributed by atoms with E-state index in [4.69, 9.17) is 9.47 Å². The van der Waals surface area contributed by atoms with Crippen LogP contribution in [0.5, 0.6) is 11.5 Å². The first kappa shape index (κ1) is 12.2. The van der Waals surface area contributed by atoms with Crippen LogP contribution in [0.1, 0.15) is 5.56 Å². The van der Waals surface area contributed by atoms with E-state index in [9.17, 15) is 9.59 Å². The Morgan fingerprint density at radius 2 is 1.83 bits per heavy atom. The third kappa shape index (κ3) is 2.34. The van der Waals surface area contributed by atoms with Crippen LogP contribution in [0, 0.1) is 0 Å². The van der Waals surface area contributed by atoms with Gasteiger partial charge in [0.25, 0.3) is 11.8 Å². The van der Waals surface area contributed by atoms with Crippen molar-refractivity contribution in [2.24, 2.45) is 0 Å². The monoisotopic (exact) mass is 247 g/mol. The molecule has 0 unspecified atom stereocenters. The minimum absolute atomic E-state index is 0.338. The highest BCUT2D eigenvalue weighted by atomic mass is 16.5. The Morgan fingerprint density at radius 1 is 1.11 bits per heavy atom. The topological polar surface area (TPSA) is 64.6 Å². The number of carbonyl (C=O) groups excluding carboxylic acids is 2. The molecule has 0 spiro atoms. The maximum absolute atomic E-state index is 11.4. The van der Waals surface area contributed by atoms with Gasteiger partial charge in [0, 0.05) is 18.1 Å². The van der Waals surface area contributed by atoms with Crippen molar-refractivity contribution in [1.82, 2.24) is 5.32 Å². The molecule has 0 saturated heterocycles. The third-order valence-corrected chi connectivity index (χ3v) is 2.68. The van der Waals surface area contributed by atoms with Crippen molar-refractivity contribution in [2.75, 3.05) is 14.2 Å². The first-order chi connectivity index (χ1) is 8.63. The lowest BCUT2D eigenvalue weighted by atomic mass is 10.0.